The molecule has 20 heteroatoms. The SMILES string of the molecule is CC(=O)N1CCN(c2nc(NCCC(=O)N(C)CCOCCOc3ccc4c(c3)C(=O)N(C3CCC(=O)NC3=O)C4=O)nc3c(F)c(C4=C(F)C=CCCC4O)c(Cl)cc23)CC1. The minimum atomic E-state index is -1.31. The number of piperidine rings is 1. The highest BCUT2D eigenvalue weighted by molar-refractivity contribution is 6.33. The predicted octanol–water partition coefficient (Wildman–Crippen LogP) is 3.24. The first-order valence-corrected chi connectivity index (χ1v) is 20.6. The van der Waals surface area contributed by atoms with Gasteiger partial charge in [0, 0.05) is 82.6 Å². The molecule has 0 saturated carbocycles. The molecular weight excluding hydrogens is 834 g/mol. The number of hydrogen-bond donors (Lipinski definition) is 3. The number of allylic oxidation sites excluding steroid dienone is 3. The third kappa shape index (κ3) is 9.24. The summed E-state index contributed by atoms with van der Waals surface area (Å²) in [5.74, 6) is -3.80. The molecule has 2 fully saturated rings. The van der Waals surface area contributed by atoms with Crippen LogP contribution in [0.15, 0.2) is 42.2 Å². The first-order chi connectivity index (χ1) is 29.7. The standard InChI is InChI=1S/C42H45ClF2N8O9/c1-23(54)51-13-15-52(16-14-51)38-27-22-28(43)34(35-29(44)5-3-4-6-31(35)55)36(45)37(27)48-42(49-38)46-12-11-33(57)50(2)17-18-61-19-20-62-24-7-8-25-26(21-24)41(60)53(40(25)59)30-9-10-32(56)47-39(30)58/h3,5,7-8,21-22,30-31,55H,4,6,9-20H2,1-2H3,(H,46,48,49)(H,47,56,58). The Labute approximate surface area is 359 Å². The fourth-order valence-electron chi connectivity index (χ4n) is 7.76. The van der Waals surface area contributed by atoms with Gasteiger partial charge in [0.25, 0.3) is 11.8 Å². The normalized spacial score (nSPS) is 19.2. The number of carbonyl (C=O) groups is 6. The zero-order chi connectivity index (χ0) is 44.2. The number of carbonyl (C=O) groups excluding carboxylic acids is 6. The van der Waals surface area contributed by atoms with Gasteiger partial charge in [-0.1, -0.05) is 17.7 Å². The van der Waals surface area contributed by atoms with Crippen LogP contribution in [0.1, 0.15) is 65.3 Å². The van der Waals surface area contributed by atoms with Crippen LogP contribution in [0.4, 0.5) is 20.5 Å². The van der Waals surface area contributed by atoms with Gasteiger partial charge in [-0.15, -0.1) is 0 Å². The first-order valence-electron chi connectivity index (χ1n) is 20.2. The van der Waals surface area contributed by atoms with Crippen molar-refractivity contribution in [3.63, 3.8) is 0 Å². The third-order valence-corrected chi connectivity index (χ3v) is 11.4. The van der Waals surface area contributed by atoms with Crippen molar-refractivity contribution in [2.75, 3.05) is 76.4 Å². The van der Waals surface area contributed by atoms with E-state index in [1.807, 2.05) is 4.90 Å². The summed E-state index contributed by atoms with van der Waals surface area (Å²) in [5.41, 5.74) is -0.498. The fourth-order valence-corrected chi connectivity index (χ4v) is 8.05. The molecular formula is C42H45ClF2N8O9. The van der Waals surface area contributed by atoms with Crippen molar-refractivity contribution in [1.82, 2.24) is 30.0 Å². The summed E-state index contributed by atoms with van der Waals surface area (Å²) in [6, 6.07) is 4.79. The Hall–Kier alpha value is -6.05. The number of aromatic nitrogens is 2. The number of nitrogens with zero attached hydrogens (tertiary/aromatic N) is 6. The molecule has 62 heavy (non-hydrogen) atoms. The second-order valence-electron chi connectivity index (χ2n) is 15.2. The number of hydrogen-bond acceptors (Lipinski definition) is 13. The van der Waals surface area contributed by atoms with E-state index in [1.54, 1.807) is 18.0 Å². The van der Waals surface area contributed by atoms with Gasteiger partial charge in [-0.2, -0.15) is 4.98 Å². The summed E-state index contributed by atoms with van der Waals surface area (Å²) in [7, 11) is 1.61. The predicted molar refractivity (Wildman–Crippen MR) is 222 cm³/mol. The molecule has 3 aliphatic heterocycles. The zero-order valence-electron chi connectivity index (χ0n) is 34.0. The molecule has 2 saturated heterocycles. The number of amides is 6. The van der Waals surface area contributed by atoms with E-state index in [0.717, 1.165) is 4.90 Å². The summed E-state index contributed by atoms with van der Waals surface area (Å²) in [5, 5.41) is 16.1. The zero-order valence-corrected chi connectivity index (χ0v) is 34.8. The van der Waals surface area contributed by atoms with Gasteiger partial charge in [-0.25, -0.2) is 13.8 Å². The van der Waals surface area contributed by atoms with Gasteiger partial charge in [0.1, 0.15) is 35.6 Å². The average Bonchev–Trinajstić information content (AvgIpc) is 3.36. The van der Waals surface area contributed by atoms with Gasteiger partial charge >= 0.3 is 0 Å². The van der Waals surface area contributed by atoms with Crippen LogP contribution in [0.3, 0.4) is 0 Å². The quantitative estimate of drug-likeness (QED) is 0.158. The Balaban J connectivity index is 0.929. The van der Waals surface area contributed by atoms with Crippen LogP contribution >= 0.6 is 11.6 Å². The Morgan fingerprint density at radius 1 is 1.02 bits per heavy atom. The highest BCUT2D eigenvalue weighted by atomic mass is 35.5. The summed E-state index contributed by atoms with van der Waals surface area (Å²) in [4.78, 5) is 89.9. The summed E-state index contributed by atoms with van der Waals surface area (Å²) < 4.78 is 43.2. The molecule has 6 amide bonds. The number of aliphatic hydroxyl groups excluding tert-OH is 1. The van der Waals surface area contributed by atoms with Gasteiger partial charge in [0.15, 0.2) is 5.82 Å². The lowest BCUT2D eigenvalue weighted by molar-refractivity contribution is -0.136. The van der Waals surface area contributed by atoms with Crippen LogP contribution in [-0.2, 0) is 23.9 Å². The molecule has 4 aliphatic rings. The molecule has 0 radical (unpaired) electrons. The molecule has 7 rings (SSSR count). The van der Waals surface area contributed by atoms with E-state index in [-0.39, 0.29) is 115 Å². The van der Waals surface area contributed by atoms with Crippen molar-refractivity contribution < 1.29 is 52.1 Å². The number of nitrogens with one attached hydrogen (secondary N) is 2. The van der Waals surface area contributed by atoms with Crippen LogP contribution in [0, 0.1) is 5.82 Å². The van der Waals surface area contributed by atoms with Crippen molar-refractivity contribution in [3.8, 4) is 5.75 Å². The highest BCUT2D eigenvalue weighted by Crippen LogP contribution is 2.40. The Bertz CT molecular complexity index is 2390. The smallest absolute Gasteiger partial charge is 0.262 e. The third-order valence-electron chi connectivity index (χ3n) is 11.1. The fraction of sp³-hybridized carbons (Fsp3) is 0.429. The van der Waals surface area contributed by atoms with Crippen LogP contribution in [0.2, 0.25) is 5.02 Å². The lowest BCUT2D eigenvalue weighted by Gasteiger charge is -2.35. The average molecular weight is 879 g/mol. The maximum Gasteiger partial charge on any atom is 0.262 e. The van der Waals surface area contributed by atoms with Crippen molar-refractivity contribution in [2.45, 2.75) is 51.2 Å². The number of fused-ring (bicyclic) bond motifs is 2. The Morgan fingerprint density at radius 2 is 1.77 bits per heavy atom. The monoisotopic (exact) mass is 878 g/mol. The van der Waals surface area contributed by atoms with E-state index in [9.17, 15) is 33.9 Å². The van der Waals surface area contributed by atoms with Gasteiger partial charge < -0.3 is 34.6 Å². The van der Waals surface area contributed by atoms with E-state index in [2.05, 4.69) is 20.6 Å². The van der Waals surface area contributed by atoms with Crippen LogP contribution in [0.5, 0.6) is 5.75 Å². The maximum atomic E-state index is 16.6. The molecule has 1 aromatic heterocycles. The number of rotatable bonds is 14. The second-order valence-corrected chi connectivity index (χ2v) is 15.6. The van der Waals surface area contributed by atoms with Crippen molar-refractivity contribution in [1.29, 1.82) is 0 Å². The molecule has 3 N–H and O–H groups in total. The van der Waals surface area contributed by atoms with Crippen molar-refractivity contribution >= 4 is 75.3 Å². The second kappa shape index (κ2) is 18.9. The molecule has 2 unspecified atom stereocenters. The van der Waals surface area contributed by atoms with E-state index in [1.165, 1.54) is 42.2 Å². The first kappa shape index (κ1) is 44.0. The lowest BCUT2D eigenvalue weighted by Crippen LogP contribution is -2.54. The van der Waals surface area contributed by atoms with E-state index < -0.39 is 47.4 Å². The minimum Gasteiger partial charge on any atom is -0.491 e. The summed E-state index contributed by atoms with van der Waals surface area (Å²) in [6.45, 7) is 3.80. The number of likely N-dealkylation sites (N-methyl/N-ethyl adjacent to an activating group) is 1. The number of benzene rings is 2. The number of aliphatic hydroxyl groups is 1. The molecule has 4 heterocycles. The lowest BCUT2D eigenvalue weighted by atomic mass is 9.95. The van der Waals surface area contributed by atoms with Crippen LogP contribution in [0.25, 0.3) is 16.5 Å². The van der Waals surface area contributed by atoms with E-state index >= 15 is 8.78 Å². The van der Waals surface area contributed by atoms with Crippen molar-refractivity contribution in [2.24, 2.45) is 0 Å². The molecule has 328 valence electrons. The molecule has 2 aromatic carbocycles. The van der Waals surface area contributed by atoms with Gasteiger partial charge in [-0.3, -0.25) is 39.0 Å². The topological polar surface area (TPSA) is 204 Å². The number of ether oxygens (including phenoxy) is 2. The molecule has 1 aliphatic carbocycles. The molecule has 17 nitrogen and oxygen atoms in total. The molecule has 0 bridgehead atoms. The number of halogens is 3. The Morgan fingerprint density at radius 3 is 2.52 bits per heavy atom. The van der Waals surface area contributed by atoms with Crippen molar-refractivity contribution in [3.05, 3.63) is 69.8 Å². The largest absolute Gasteiger partial charge is 0.491 e. The molecule has 2 atom stereocenters. The highest BCUT2D eigenvalue weighted by Gasteiger charge is 2.44. The van der Waals surface area contributed by atoms with E-state index in [4.69, 9.17) is 21.1 Å². The molecule has 3 aromatic rings. The number of anilines is 2. The van der Waals surface area contributed by atoms with Gasteiger partial charge in [-0.05, 0) is 49.6 Å². The summed E-state index contributed by atoms with van der Waals surface area (Å²) in [6.07, 6.45) is 2.06. The minimum absolute atomic E-state index is 0.00851. The van der Waals surface area contributed by atoms with Gasteiger partial charge in [0.05, 0.1) is 35.5 Å². The maximum absolute atomic E-state index is 16.6. The number of piperazine rings is 1. The van der Waals surface area contributed by atoms with E-state index in [0.29, 0.717) is 44.2 Å². The molecule has 0 spiro atoms. The Kier molecular flexibility index (Phi) is 13.4. The van der Waals surface area contributed by atoms with Crippen LogP contribution < -0.4 is 20.3 Å². The van der Waals surface area contributed by atoms with Crippen LogP contribution in [-0.4, -0.2) is 143 Å². The number of imide groups is 2. The van der Waals surface area contributed by atoms with Gasteiger partial charge in [0.2, 0.25) is 29.6 Å². The summed E-state index contributed by atoms with van der Waals surface area (Å²) >= 11 is 6.62.